The first-order chi connectivity index (χ1) is 8.03. The average molecular weight is 246 g/mol. The third kappa shape index (κ3) is 2.40. The molecule has 4 nitrogen and oxygen atoms in total. The predicted octanol–water partition coefficient (Wildman–Crippen LogP) is 0.913. The molecule has 1 N–H and O–H groups in total. The zero-order chi connectivity index (χ0) is 12.5. The molecule has 1 saturated heterocycles. The van der Waals surface area contributed by atoms with Gasteiger partial charge in [0.15, 0.2) is 0 Å². The van der Waals surface area contributed by atoms with Crippen LogP contribution in [-0.2, 0) is 9.59 Å². The van der Waals surface area contributed by atoms with E-state index in [2.05, 4.69) is 5.32 Å². The van der Waals surface area contributed by atoms with E-state index in [0.29, 0.717) is 12.8 Å². The van der Waals surface area contributed by atoms with Gasteiger partial charge in [-0.15, -0.1) is 0 Å². The SMILES string of the molecule is O=C1CN(CC(F)F)C(=O)C2(CCCCC2)N1. The molecule has 0 bridgehead atoms. The Hall–Kier alpha value is -1.20. The number of amides is 2. The van der Waals surface area contributed by atoms with Crippen LogP contribution in [0.3, 0.4) is 0 Å². The van der Waals surface area contributed by atoms with Crippen molar-refractivity contribution in [3.8, 4) is 0 Å². The standard InChI is InChI=1S/C11H16F2N2O2/c12-8(13)6-15-7-9(16)14-11(10(15)17)4-2-1-3-5-11/h8H,1-7H2,(H,14,16). The van der Waals surface area contributed by atoms with Gasteiger partial charge in [-0.3, -0.25) is 9.59 Å². The zero-order valence-electron chi connectivity index (χ0n) is 9.55. The van der Waals surface area contributed by atoms with E-state index in [9.17, 15) is 18.4 Å². The lowest BCUT2D eigenvalue weighted by molar-refractivity contribution is -0.153. The largest absolute Gasteiger partial charge is 0.340 e. The molecule has 17 heavy (non-hydrogen) atoms. The van der Waals surface area contributed by atoms with Crippen molar-refractivity contribution in [3.05, 3.63) is 0 Å². The van der Waals surface area contributed by atoms with Crippen LogP contribution in [0, 0.1) is 0 Å². The van der Waals surface area contributed by atoms with Crippen molar-refractivity contribution in [1.82, 2.24) is 10.2 Å². The molecule has 0 aromatic rings. The minimum atomic E-state index is -2.59. The molecular weight excluding hydrogens is 230 g/mol. The van der Waals surface area contributed by atoms with E-state index >= 15 is 0 Å². The van der Waals surface area contributed by atoms with Crippen LogP contribution >= 0.6 is 0 Å². The highest BCUT2D eigenvalue weighted by Gasteiger charge is 2.47. The Bertz CT molecular complexity index is 327. The van der Waals surface area contributed by atoms with Gasteiger partial charge in [-0.05, 0) is 12.8 Å². The van der Waals surface area contributed by atoms with E-state index in [1.165, 1.54) is 0 Å². The molecule has 96 valence electrons. The van der Waals surface area contributed by atoms with Gasteiger partial charge in [0.25, 0.3) is 6.43 Å². The van der Waals surface area contributed by atoms with Gasteiger partial charge in [-0.2, -0.15) is 0 Å². The van der Waals surface area contributed by atoms with E-state index in [1.807, 2.05) is 0 Å². The number of carbonyl (C=O) groups is 2. The Morgan fingerprint density at radius 2 is 1.88 bits per heavy atom. The van der Waals surface area contributed by atoms with Gasteiger partial charge < -0.3 is 10.2 Å². The summed E-state index contributed by atoms with van der Waals surface area (Å²) in [5.74, 6) is -0.663. The second-order valence-corrected chi connectivity index (χ2v) is 4.77. The van der Waals surface area contributed by atoms with Crippen LogP contribution in [0.4, 0.5) is 8.78 Å². The molecule has 0 atom stereocenters. The molecule has 2 amide bonds. The highest BCUT2D eigenvalue weighted by atomic mass is 19.3. The quantitative estimate of drug-likeness (QED) is 0.787. The van der Waals surface area contributed by atoms with Gasteiger partial charge >= 0.3 is 0 Å². The molecule has 0 radical (unpaired) electrons. The smallest absolute Gasteiger partial charge is 0.255 e. The van der Waals surface area contributed by atoms with Crippen molar-refractivity contribution >= 4 is 11.8 Å². The number of halogens is 2. The van der Waals surface area contributed by atoms with E-state index in [0.717, 1.165) is 24.2 Å². The summed E-state index contributed by atoms with van der Waals surface area (Å²) in [6.45, 7) is -0.890. The molecular formula is C11H16F2N2O2. The van der Waals surface area contributed by atoms with Crippen molar-refractivity contribution in [2.75, 3.05) is 13.1 Å². The van der Waals surface area contributed by atoms with Gasteiger partial charge in [0, 0.05) is 0 Å². The van der Waals surface area contributed by atoms with Crippen molar-refractivity contribution in [3.63, 3.8) is 0 Å². The Kier molecular flexibility index (Phi) is 3.31. The molecule has 0 aromatic carbocycles. The van der Waals surface area contributed by atoms with Crippen molar-refractivity contribution in [1.29, 1.82) is 0 Å². The Morgan fingerprint density at radius 3 is 2.47 bits per heavy atom. The first kappa shape index (κ1) is 12.3. The summed E-state index contributed by atoms with van der Waals surface area (Å²) >= 11 is 0. The van der Waals surface area contributed by atoms with E-state index in [-0.39, 0.29) is 18.4 Å². The summed E-state index contributed by atoms with van der Waals surface area (Å²) in [5, 5.41) is 2.71. The first-order valence-electron chi connectivity index (χ1n) is 5.92. The second-order valence-electron chi connectivity index (χ2n) is 4.77. The molecule has 1 saturated carbocycles. The Morgan fingerprint density at radius 1 is 1.24 bits per heavy atom. The summed E-state index contributed by atoms with van der Waals surface area (Å²) in [6.07, 6.45) is 1.28. The number of hydrogen-bond donors (Lipinski definition) is 1. The molecule has 2 fully saturated rings. The van der Waals surface area contributed by atoms with Gasteiger partial charge in [-0.25, -0.2) is 8.78 Å². The lowest BCUT2D eigenvalue weighted by Crippen LogP contribution is -2.67. The lowest BCUT2D eigenvalue weighted by atomic mass is 9.79. The molecule has 0 unspecified atom stereocenters. The second kappa shape index (κ2) is 4.58. The van der Waals surface area contributed by atoms with Crippen LogP contribution in [0.1, 0.15) is 32.1 Å². The van der Waals surface area contributed by atoms with Crippen LogP contribution in [-0.4, -0.2) is 41.8 Å². The molecule has 1 spiro atoms. The van der Waals surface area contributed by atoms with Crippen LogP contribution in [0.15, 0.2) is 0 Å². The zero-order valence-corrected chi connectivity index (χ0v) is 9.55. The van der Waals surface area contributed by atoms with Crippen LogP contribution < -0.4 is 5.32 Å². The number of nitrogens with zero attached hydrogens (tertiary/aromatic N) is 1. The third-order valence-corrected chi connectivity index (χ3v) is 3.48. The molecule has 1 aliphatic heterocycles. The lowest BCUT2D eigenvalue weighted by Gasteiger charge is -2.44. The predicted molar refractivity (Wildman–Crippen MR) is 56.5 cm³/mol. The number of hydrogen-bond acceptors (Lipinski definition) is 2. The normalized spacial score (nSPS) is 24.3. The fourth-order valence-electron chi connectivity index (χ4n) is 2.72. The van der Waals surface area contributed by atoms with E-state index in [4.69, 9.17) is 0 Å². The molecule has 1 heterocycles. The monoisotopic (exact) mass is 246 g/mol. The minimum Gasteiger partial charge on any atom is -0.340 e. The maximum absolute atomic E-state index is 12.3. The number of alkyl halides is 2. The number of nitrogens with one attached hydrogen (secondary N) is 1. The van der Waals surface area contributed by atoms with Crippen molar-refractivity contribution in [2.45, 2.75) is 44.1 Å². The summed E-state index contributed by atoms with van der Waals surface area (Å²) < 4.78 is 24.7. The van der Waals surface area contributed by atoms with Crippen LogP contribution in [0.25, 0.3) is 0 Å². The summed E-state index contributed by atoms with van der Waals surface area (Å²) in [4.78, 5) is 24.7. The van der Waals surface area contributed by atoms with Crippen LogP contribution in [0.2, 0.25) is 0 Å². The maximum Gasteiger partial charge on any atom is 0.255 e. The number of carbonyl (C=O) groups excluding carboxylic acids is 2. The maximum atomic E-state index is 12.3. The highest BCUT2D eigenvalue weighted by molar-refractivity contribution is 5.98. The molecule has 0 aromatic heterocycles. The Labute approximate surface area is 98.3 Å². The topological polar surface area (TPSA) is 49.4 Å². The van der Waals surface area contributed by atoms with Gasteiger partial charge in [0.1, 0.15) is 5.54 Å². The fourth-order valence-corrected chi connectivity index (χ4v) is 2.72. The average Bonchev–Trinajstić information content (AvgIpc) is 2.26. The van der Waals surface area contributed by atoms with Crippen LogP contribution in [0.5, 0.6) is 0 Å². The molecule has 1 aliphatic carbocycles. The van der Waals surface area contributed by atoms with Crippen molar-refractivity contribution in [2.24, 2.45) is 0 Å². The van der Waals surface area contributed by atoms with Gasteiger partial charge in [-0.1, -0.05) is 19.3 Å². The van der Waals surface area contributed by atoms with Crippen molar-refractivity contribution < 1.29 is 18.4 Å². The van der Waals surface area contributed by atoms with Gasteiger partial charge in [0.05, 0.1) is 13.1 Å². The third-order valence-electron chi connectivity index (χ3n) is 3.48. The minimum absolute atomic E-state index is 0.245. The summed E-state index contributed by atoms with van der Waals surface area (Å²) in [7, 11) is 0. The number of piperazine rings is 1. The highest BCUT2D eigenvalue weighted by Crippen LogP contribution is 2.31. The molecule has 6 heteroatoms. The fraction of sp³-hybridized carbons (Fsp3) is 0.818. The van der Waals surface area contributed by atoms with E-state index < -0.39 is 18.5 Å². The molecule has 2 aliphatic rings. The summed E-state index contributed by atoms with van der Waals surface area (Å²) in [6, 6.07) is 0. The number of rotatable bonds is 2. The van der Waals surface area contributed by atoms with E-state index in [1.54, 1.807) is 0 Å². The van der Waals surface area contributed by atoms with Gasteiger partial charge in [0.2, 0.25) is 11.8 Å². The summed E-state index contributed by atoms with van der Waals surface area (Å²) in [5.41, 5.74) is -0.900. The Balaban J connectivity index is 2.16. The first-order valence-corrected chi connectivity index (χ1v) is 5.92. The molecule has 2 rings (SSSR count).